The molecule has 5 rings (SSSR count). The van der Waals surface area contributed by atoms with Crippen molar-refractivity contribution in [1.29, 1.82) is 0 Å². The highest BCUT2D eigenvalue weighted by Crippen LogP contribution is 2.45. The number of nitrogens with one attached hydrogen (secondary N) is 5. The Hall–Kier alpha value is -5.75. The number of ether oxygens (including phenoxy) is 4. The Bertz CT molecular complexity index is 2670. The van der Waals surface area contributed by atoms with Crippen LogP contribution in [0.4, 0.5) is 8.99 Å². The molecule has 0 saturated heterocycles. The Labute approximate surface area is 485 Å². The van der Waals surface area contributed by atoms with Crippen molar-refractivity contribution in [3.05, 3.63) is 109 Å². The molecule has 79 heavy (non-hydrogen) atoms. The summed E-state index contributed by atoms with van der Waals surface area (Å²) < 4.78 is 37.8. The molecular formula is C59H88BFN7O8PS2. The summed E-state index contributed by atoms with van der Waals surface area (Å²) in [6.45, 7) is 14.7. The molecule has 20 heteroatoms. The molecule has 7 N–H and O–H groups in total. The predicted molar refractivity (Wildman–Crippen MR) is 334 cm³/mol. The lowest BCUT2D eigenvalue weighted by Crippen LogP contribution is -2.55. The highest BCUT2D eigenvalue weighted by atomic mass is 32.1. The van der Waals surface area contributed by atoms with Crippen LogP contribution in [0, 0.1) is 11.8 Å². The zero-order valence-corrected chi connectivity index (χ0v) is 48.5. The number of alkyl carbamates (subject to hydrolysis) is 1. The molecule has 15 nitrogen and oxygen atoms in total. The average Bonchev–Trinajstić information content (AvgIpc) is 3.36. The van der Waals surface area contributed by atoms with E-state index < -0.39 is 62.4 Å². The number of fused-ring (bicyclic) bond motifs is 2. The van der Waals surface area contributed by atoms with Gasteiger partial charge < -0.3 is 51.0 Å². The monoisotopic (exact) mass is 1150 g/mol. The van der Waals surface area contributed by atoms with Crippen LogP contribution in [-0.2, 0) is 30.5 Å². The molecule has 2 radical (unpaired) electrons. The molecule has 5 aromatic rings. The van der Waals surface area contributed by atoms with Gasteiger partial charge in [0.2, 0.25) is 11.8 Å². The first-order valence-corrected chi connectivity index (χ1v) is 27.2. The van der Waals surface area contributed by atoms with Gasteiger partial charge >= 0.3 is 6.09 Å². The Kier molecular flexibility index (Phi) is 32.9. The summed E-state index contributed by atoms with van der Waals surface area (Å²) >= 11 is 0. The average molecular weight is 1150 g/mol. The first kappa shape index (κ1) is 71.3. The van der Waals surface area contributed by atoms with Crippen molar-refractivity contribution in [2.24, 2.45) is 22.6 Å². The maximum absolute atomic E-state index is 14.5. The molecule has 0 aliphatic carbocycles. The molecule has 4 amide bonds. The normalized spacial score (nSPS) is 12.8. The first-order chi connectivity index (χ1) is 35.9. The first-order valence-electron chi connectivity index (χ1n) is 25.9. The van der Waals surface area contributed by atoms with Gasteiger partial charge in [0, 0.05) is 24.2 Å². The van der Waals surface area contributed by atoms with E-state index in [1.165, 1.54) is 0 Å². The van der Waals surface area contributed by atoms with Crippen molar-refractivity contribution in [2.75, 3.05) is 32.9 Å². The maximum Gasteiger partial charge on any atom is 0.407 e. The van der Waals surface area contributed by atoms with Crippen LogP contribution in [0.2, 0.25) is 0 Å². The van der Waals surface area contributed by atoms with Crippen LogP contribution in [0.5, 0.6) is 11.5 Å². The lowest BCUT2D eigenvalue weighted by molar-refractivity contribution is -0.133. The molecule has 0 aliphatic heterocycles. The molecule has 0 spiro atoms. The van der Waals surface area contributed by atoms with Crippen molar-refractivity contribution >= 4 is 94.1 Å². The Morgan fingerprint density at radius 1 is 0.696 bits per heavy atom. The summed E-state index contributed by atoms with van der Waals surface area (Å²) in [4.78, 5) is 59.6. The van der Waals surface area contributed by atoms with E-state index in [1.54, 1.807) is 20.8 Å². The van der Waals surface area contributed by atoms with Crippen molar-refractivity contribution in [3.63, 3.8) is 0 Å². The number of benzene rings is 5. The zero-order valence-electron chi connectivity index (χ0n) is 45.6. The van der Waals surface area contributed by atoms with Gasteiger partial charge in [-0.15, -0.1) is 0 Å². The minimum atomic E-state index is -2.53. The molecule has 4 atom stereocenters. The summed E-state index contributed by atoms with van der Waals surface area (Å²) in [6, 6.07) is 30.9. The quantitative estimate of drug-likeness (QED) is 0.00879. The molecule has 434 valence electrons. The number of guanidine groups is 1. The third-order valence-electron chi connectivity index (χ3n) is 11.9. The third kappa shape index (κ3) is 25.1. The fourth-order valence-electron chi connectivity index (χ4n) is 8.40. The zero-order chi connectivity index (χ0) is 54.3. The van der Waals surface area contributed by atoms with E-state index in [-0.39, 0.29) is 92.7 Å². The summed E-state index contributed by atoms with van der Waals surface area (Å²) in [5.41, 5.74) is 7.69. The molecule has 0 aliphatic rings. The molecule has 1 unspecified atom stereocenters. The SMILES string of the molecule is C.C.S.S.[B]P(F)NC(N)=NCCC[C@@H](NC(=O)[C@@H](CCCCNC(=O)OC(C)(C)C)NC(=O)COc1ccc2ccccc2c1-c1c(OCCC(C)C)ccc2ccccc12)C(=O)N[C@H](COCc1ccccc1)CC(C)C. The van der Waals surface area contributed by atoms with Gasteiger partial charge in [0.25, 0.3) is 5.91 Å². The number of hydrogen-bond donors (Lipinski definition) is 6. The van der Waals surface area contributed by atoms with Crippen LogP contribution < -0.4 is 41.6 Å². The Morgan fingerprint density at radius 2 is 1.25 bits per heavy atom. The fraction of sp³-hybridized carbons (Fsp3) is 0.475. The number of carbonyl (C=O) groups is 4. The van der Waals surface area contributed by atoms with Gasteiger partial charge in [0.15, 0.2) is 20.1 Å². The number of rotatable bonds is 29. The highest BCUT2D eigenvalue weighted by Gasteiger charge is 2.29. The van der Waals surface area contributed by atoms with Gasteiger partial charge in [-0.2, -0.15) is 27.0 Å². The van der Waals surface area contributed by atoms with E-state index in [1.807, 2.05) is 117 Å². The van der Waals surface area contributed by atoms with Crippen LogP contribution in [-0.4, -0.2) is 94.0 Å². The second kappa shape index (κ2) is 36.5. The Balaban J connectivity index is 0.00000780. The molecule has 0 fully saturated rings. The second-order valence-corrected chi connectivity index (χ2v) is 21.3. The van der Waals surface area contributed by atoms with Crippen molar-refractivity contribution in [2.45, 2.75) is 139 Å². The number of unbranched alkanes of at least 4 members (excludes halogenated alkanes) is 1. The van der Waals surface area contributed by atoms with Gasteiger partial charge in [0.05, 0.1) is 25.9 Å². The number of aliphatic imine (C=N–C) groups is 1. The molecule has 0 aromatic heterocycles. The number of carbonyl (C=O) groups excluding carboxylic acids is 4. The van der Waals surface area contributed by atoms with E-state index >= 15 is 0 Å². The second-order valence-electron chi connectivity index (χ2n) is 20.4. The number of nitrogens with zero attached hydrogens (tertiary/aromatic N) is 1. The molecular weight excluding hydrogens is 1060 g/mol. The smallest absolute Gasteiger partial charge is 0.407 e. The number of amides is 4. The summed E-state index contributed by atoms with van der Waals surface area (Å²) in [7, 11) is 2.70. The molecule has 5 aromatic carbocycles. The summed E-state index contributed by atoms with van der Waals surface area (Å²) in [5.74, 6) is -0.0654. The van der Waals surface area contributed by atoms with E-state index in [0.717, 1.165) is 44.7 Å². The van der Waals surface area contributed by atoms with Gasteiger partial charge in [-0.05, 0) is 117 Å². The van der Waals surface area contributed by atoms with Gasteiger partial charge in [-0.25, -0.2) is 8.99 Å². The highest BCUT2D eigenvalue weighted by molar-refractivity contribution is 7.76. The summed E-state index contributed by atoms with van der Waals surface area (Å²) in [5, 5.41) is 17.7. The molecule has 0 saturated carbocycles. The largest absolute Gasteiger partial charge is 0.493 e. The van der Waals surface area contributed by atoms with Crippen LogP contribution in [0.3, 0.4) is 0 Å². The minimum Gasteiger partial charge on any atom is -0.493 e. The van der Waals surface area contributed by atoms with Crippen LogP contribution in [0.1, 0.15) is 114 Å². The van der Waals surface area contributed by atoms with Crippen LogP contribution in [0.15, 0.2) is 108 Å². The van der Waals surface area contributed by atoms with E-state index in [2.05, 4.69) is 45.2 Å². The van der Waals surface area contributed by atoms with Crippen molar-refractivity contribution in [1.82, 2.24) is 26.4 Å². The minimum absolute atomic E-state index is 0. The van der Waals surface area contributed by atoms with Gasteiger partial charge in [-0.1, -0.05) is 134 Å². The molecule has 0 heterocycles. The Morgan fingerprint density at radius 3 is 1.84 bits per heavy atom. The van der Waals surface area contributed by atoms with Crippen molar-refractivity contribution in [3.8, 4) is 22.6 Å². The third-order valence-corrected chi connectivity index (χ3v) is 12.3. The van der Waals surface area contributed by atoms with E-state index in [0.29, 0.717) is 49.9 Å². The van der Waals surface area contributed by atoms with Crippen molar-refractivity contribution < 1.29 is 42.3 Å². The number of halogens is 1. The molecule has 0 bridgehead atoms. The number of nitrogens with two attached hydrogens (primary N) is 1. The lowest BCUT2D eigenvalue weighted by atomic mass is 9.92. The van der Waals surface area contributed by atoms with Crippen LogP contribution >= 0.6 is 35.3 Å². The standard InChI is InChI=1S/C57H76BFN7O8P.2CH4.2H2S/c1-38(2)30-33-72-48-28-26-41-20-11-13-22-44(41)51(48)52-45-23-14-12-21-42(45)27-29-49(52)73-37-50(67)64-46(24-15-16-31-62-56(70)74-57(5,6)7)54(69)65-47(25-17-32-61-55(60)66-75(58)59)53(68)63-43(34-39(3)4)36-71-35-40-18-9-8-10-19-40;;;;/h8-14,18-23,26-29,38-39,43,46-47H,15-17,24-25,30-37H2,1-7H3,(H,62,70)(H,63,68)(H,64,67)(H,65,69)(H3,60,61,66);2*1H4;2*1H2/t43-,46+,47+,75?;;;;/m0..../s1. The van der Waals surface area contributed by atoms with E-state index in [9.17, 15) is 23.4 Å². The fourth-order valence-corrected chi connectivity index (χ4v) is 8.69. The van der Waals surface area contributed by atoms with Crippen LogP contribution in [0.25, 0.3) is 32.7 Å². The number of hydrogen-bond acceptors (Lipinski definition) is 9. The summed E-state index contributed by atoms with van der Waals surface area (Å²) in [6.07, 6.45) is 2.27. The van der Waals surface area contributed by atoms with E-state index in [4.69, 9.17) is 32.2 Å². The lowest BCUT2D eigenvalue weighted by Gasteiger charge is -2.26. The maximum atomic E-state index is 14.5. The predicted octanol–water partition coefficient (Wildman–Crippen LogP) is 11.4. The topological polar surface area (TPSA) is 204 Å². The van der Waals surface area contributed by atoms with Gasteiger partial charge in [0.1, 0.15) is 37.4 Å². The van der Waals surface area contributed by atoms with Gasteiger partial charge in [-0.3, -0.25) is 19.4 Å².